The number of carbonyl (C=O) groups is 2. The molecule has 0 saturated carbocycles. The van der Waals surface area contributed by atoms with E-state index >= 15 is 0 Å². The second-order valence-electron chi connectivity index (χ2n) is 5.61. The molecule has 0 aromatic heterocycles. The van der Waals surface area contributed by atoms with Crippen LogP contribution >= 0.6 is 0 Å². The number of nitrogens with one attached hydrogen (secondary N) is 2. The molecule has 1 aromatic carbocycles. The molecule has 0 saturated heterocycles. The van der Waals surface area contributed by atoms with Gasteiger partial charge in [-0.2, -0.15) is 0 Å². The Balaban J connectivity index is 2.18. The van der Waals surface area contributed by atoms with Crippen molar-refractivity contribution in [3.05, 3.63) is 42.5 Å². The molecule has 1 aromatic rings. The number of aryl methyl sites for hydroxylation is 1. The van der Waals surface area contributed by atoms with Crippen molar-refractivity contribution in [3.8, 4) is 5.75 Å². The molecular weight excluding hydrogens is 308 g/mol. The zero-order chi connectivity index (χ0) is 17.8. The quantitative estimate of drug-likeness (QED) is 0.345. The van der Waals surface area contributed by atoms with Gasteiger partial charge in [-0.25, -0.2) is 0 Å². The van der Waals surface area contributed by atoms with Gasteiger partial charge in [-0.1, -0.05) is 18.7 Å². The van der Waals surface area contributed by atoms with E-state index in [4.69, 9.17) is 0 Å². The molecule has 0 aliphatic rings. The Hall–Kier alpha value is -2.34. The number of phenols is 1. The van der Waals surface area contributed by atoms with Gasteiger partial charge in [0.1, 0.15) is 11.8 Å². The molecule has 1 amide bonds. The van der Waals surface area contributed by atoms with Crippen LogP contribution in [0.1, 0.15) is 31.2 Å². The summed E-state index contributed by atoms with van der Waals surface area (Å²) in [4.78, 5) is 22.2. The fraction of sp³-hybridized carbons (Fsp3) is 0.444. The number of hydrogen-bond acceptors (Lipinski definition) is 4. The number of phenolic OH excluding ortho intramolecular Hbond substituents is 1. The summed E-state index contributed by atoms with van der Waals surface area (Å²) in [5.41, 5.74) is 1.11. The van der Waals surface area contributed by atoms with Gasteiger partial charge in [-0.3, -0.25) is 9.59 Å². The molecule has 0 fully saturated rings. The first kappa shape index (κ1) is 19.7. The molecular formula is C18H26N2O4. The maximum absolute atomic E-state index is 11.2. The van der Waals surface area contributed by atoms with Crippen molar-refractivity contribution in [2.45, 2.75) is 38.1 Å². The van der Waals surface area contributed by atoms with Crippen LogP contribution in [0, 0.1) is 0 Å². The topological polar surface area (TPSA) is 98.7 Å². The van der Waals surface area contributed by atoms with E-state index in [1.54, 1.807) is 12.1 Å². The van der Waals surface area contributed by atoms with Gasteiger partial charge < -0.3 is 20.8 Å². The van der Waals surface area contributed by atoms with Crippen LogP contribution in [0.25, 0.3) is 0 Å². The largest absolute Gasteiger partial charge is 0.508 e. The van der Waals surface area contributed by atoms with Crippen LogP contribution in [-0.4, -0.2) is 41.2 Å². The maximum atomic E-state index is 11.2. The first-order valence-electron chi connectivity index (χ1n) is 8.17. The first-order chi connectivity index (χ1) is 11.5. The van der Waals surface area contributed by atoms with Crippen molar-refractivity contribution in [3.63, 3.8) is 0 Å². The Morgan fingerprint density at radius 2 is 1.83 bits per heavy atom. The van der Waals surface area contributed by atoms with E-state index in [1.165, 1.54) is 6.08 Å². The Labute approximate surface area is 142 Å². The Morgan fingerprint density at radius 1 is 1.12 bits per heavy atom. The molecule has 6 heteroatoms. The predicted molar refractivity (Wildman–Crippen MR) is 92.9 cm³/mol. The highest BCUT2D eigenvalue weighted by molar-refractivity contribution is 5.86. The van der Waals surface area contributed by atoms with Crippen molar-refractivity contribution in [2.75, 3.05) is 13.1 Å². The minimum absolute atomic E-state index is 0.211. The lowest BCUT2D eigenvalue weighted by Gasteiger charge is -2.14. The maximum Gasteiger partial charge on any atom is 0.320 e. The van der Waals surface area contributed by atoms with Crippen molar-refractivity contribution in [2.24, 2.45) is 0 Å². The average molecular weight is 334 g/mol. The highest BCUT2D eigenvalue weighted by Crippen LogP contribution is 2.11. The van der Waals surface area contributed by atoms with E-state index in [2.05, 4.69) is 17.2 Å². The zero-order valence-electron chi connectivity index (χ0n) is 13.8. The zero-order valence-corrected chi connectivity index (χ0v) is 13.8. The lowest BCUT2D eigenvalue weighted by molar-refractivity contribution is -0.139. The number of carbonyl (C=O) groups excluding carboxylic acids is 1. The van der Waals surface area contributed by atoms with Gasteiger partial charge in [0.2, 0.25) is 5.91 Å². The second kappa shape index (κ2) is 11.2. The van der Waals surface area contributed by atoms with Crippen molar-refractivity contribution in [1.82, 2.24) is 10.6 Å². The second-order valence-corrected chi connectivity index (χ2v) is 5.61. The Morgan fingerprint density at radius 3 is 2.46 bits per heavy atom. The van der Waals surface area contributed by atoms with Gasteiger partial charge in [0.05, 0.1) is 0 Å². The van der Waals surface area contributed by atoms with Crippen molar-refractivity contribution < 1.29 is 19.8 Å². The molecule has 0 aliphatic carbocycles. The van der Waals surface area contributed by atoms with E-state index in [1.807, 2.05) is 12.1 Å². The third-order valence-electron chi connectivity index (χ3n) is 3.67. The number of carboxylic acids is 1. The number of aliphatic carboxylic acids is 1. The minimum atomic E-state index is -0.852. The van der Waals surface area contributed by atoms with Gasteiger partial charge >= 0.3 is 5.97 Å². The summed E-state index contributed by atoms with van der Waals surface area (Å²) < 4.78 is 0. The fourth-order valence-corrected chi connectivity index (χ4v) is 2.30. The van der Waals surface area contributed by atoms with Gasteiger partial charge in [0, 0.05) is 6.54 Å². The average Bonchev–Trinajstić information content (AvgIpc) is 2.57. The summed E-state index contributed by atoms with van der Waals surface area (Å²) in [5.74, 6) is -0.820. The van der Waals surface area contributed by atoms with Crippen LogP contribution in [0.4, 0.5) is 0 Å². The van der Waals surface area contributed by atoms with Gasteiger partial charge in [0.25, 0.3) is 0 Å². The highest BCUT2D eigenvalue weighted by Gasteiger charge is 2.15. The third kappa shape index (κ3) is 8.33. The fourth-order valence-electron chi connectivity index (χ4n) is 2.30. The molecule has 0 radical (unpaired) electrons. The SMILES string of the molecule is C=CC(=O)NCCCC[C@H](NCCCc1ccc(O)cc1)C(=O)O. The molecule has 1 rings (SSSR count). The molecule has 24 heavy (non-hydrogen) atoms. The number of amides is 1. The van der Waals surface area contributed by atoms with Crippen molar-refractivity contribution >= 4 is 11.9 Å². The number of hydrogen-bond donors (Lipinski definition) is 4. The molecule has 132 valence electrons. The molecule has 1 atom stereocenters. The number of benzene rings is 1. The number of aromatic hydroxyl groups is 1. The Bertz CT molecular complexity index is 528. The molecule has 0 bridgehead atoms. The summed E-state index contributed by atoms with van der Waals surface area (Å²) in [6, 6.07) is 6.45. The smallest absolute Gasteiger partial charge is 0.320 e. The van der Waals surface area contributed by atoms with E-state index in [0.717, 1.165) is 31.2 Å². The lowest BCUT2D eigenvalue weighted by Crippen LogP contribution is -2.37. The summed E-state index contributed by atoms with van der Waals surface area (Å²) in [7, 11) is 0. The van der Waals surface area contributed by atoms with Crippen molar-refractivity contribution in [1.29, 1.82) is 0 Å². The number of rotatable bonds is 12. The highest BCUT2D eigenvalue weighted by atomic mass is 16.4. The summed E-state index contributed by atoms with van der Waals surface area (Å²) >= 11 is 0. The lowest BCUT2D eigenvalue weighted by atomic mass is 10.1. The summed E-state index contributed by atoms with van der Waals surface area (Å²) in [6.45, 7) is 4.51. The van der Waals surface area contributed by atoms with E-state index in [-0.39, 0.29) is 11.7 Å². The van der Waals surface area contributed by atoms with E-state index in [0.29, 0.717) is 19.5 Å². The molecule has 0 heterocycles. The van der Waals surface area contributed by atoms with Crippen LogP contribution < -0.4 is 10.6 Å². The van der Waals surface area contributed by atoms with Crippen LogP contribution in [0.15, 0.2) is 36.9 Å². The van der Waals surface area contributed by atoms with Crippen LogP contribution in [0.5, 0.6) is 5.75 Å². The Kier molecular flexibility index (Phi) is 9.23. The van der Waals surface area contributed by atoms with Gasteiger partial charge in [0.15, 0.2) is 0 Å². The van der Waals surface area contributed by atoms with Gasteiger partial charge in [-0.15, -0.1) is 0 Å². The standard InChI is InChI=1S/C18H26N2O4/c1-2-17(22)20-12-4-3-7-16(18(23)24)19-13-5-6-14-8-10-15(21)11-9-14/h2,8-11,16,19,21H,1,3-7,12-13H2,(H,20,22)(H,23,24)/t16-/m0/s1. The normalized spacial score (nSPS) is 11.7. The molecule has 6 nitrogen and oxygen atoms in total. The third-order valence-corrected chi connectivity index (χ3v) is 3.67. The molecule has 0 aliphatic heterocycles. The predicted octanol–water partition coefficient (Wildman–Crippen LogP) is 1.84. The van der Waals surface area contributed by atoms with E-state index < -0.39 is 12.0 Å². The first-order valence-corrected chi connectivity index (χ1v) is 8.17. The molecule has 4 N–H and O–H groups in total. The van der Waals surface area contributed by atoms with E-state index in [9.17, 15) is 19.8 Å². The summed E-state index contributed by atoms with van der Waals surface area (Å²) in [5, 5.41) is 24.2. The molecule has 0 unspecified atom stereocenters. The molecule has 0 spiro atoms. The minimum Gasteiger partial charge on any atom is -0.508 e. The van der Waals surface area contributed by atoms with Crippen LogP contribution in [-0.2, 0) is 16.0 Å². The van der Waals surface area contributed by atoms with Gasteiger partial charge in [-0.05, 0) is 62.4 Å². The van der Waals surface area contributed by atoms with Crippen LogP contribution in [0.2, 0.25) is 0 Å². The number of carboxylic acid groups (broad SMARTS) is 1. The summed E-state index contributed by atoms with van der Waals surface area (Å²) in [6.07, 6.45) is 4.85. The van der Waals surface area contributed by atoms with Crippen LogP contribution in [0.3, 0.4) is 0 Å². The monoisotopic (exact) mass is 334 g/mol. The number of unbranched alkanes of at least 4 members (excludes halogenated alkanes) is 1.